The molecule has 3 fully saturated rings. The highest BCUT2D eigenvalue weighted by atomic mass is 16.7. The molecule has 3 aliphatic rings. The average molecular weight is 308 g/mol. The zero-order valence-corrected chi connectivity index (χ0v) is 14.5. The second-order valence-corrected chi connectivity index (χ2v) is 7.84. The lowest BCUT2D eigenvalue weighted by Gasteiger charge is -2.63. The largest absolute Gasteiger partial charge is 0.373 e. The van der Waals surface area contributed by atoms with Crippen molar-refractivity contribution in [2.45, 2.75) is 65.3 Å². The van der Waals surface area contributed by atoms with Crippen LogP contribution in [0.15, 0.2) is 12.2 Å². The number of rotatable bonds is 8. The summed E-state index contributed by atoms with van der Waals surface area (Å²) in [5, 5.41) is 0. The summed E-state index contributed by atoms with van der Waals surface area (Å²) < 4.78 is 17.7. The van der Waals surface area contributed by atoms with Gasteiger partial charge < -0.3 is 14.2 Å². The van der Waals surface area contributed by atoms with E-state index in [1.165, 1.54) is 32.1 Å². The second kappa shape index (κ2) is 6.62. The fourth-order valence-electron chi connectivity index (χ4n) is 5.08. The van der Waals surface area contributed by atoms with Gasteiger partial charge in [-0.2, -0.15) is 0 Å². The predicted octanol–water partition coefficient (Wildman–Crippen LogP) is 4.17. The van der Waals surface area contributed by atoms with Crippen molar-refractivity contribution in [2.24, 2.45) is 23.2 Å². The first-order valence-corrected chi connectivity index (χ1v) is 9.04. The first-order valence-electron chi connectivity index (χ1n) is 9.04. The van der Waals surface area contributed by atoms with Gasteiger partial charge in [-0.3, -0.25) is 0 Å². The number of hydrogen-bond acceptors (Lipinski definition) is 3. The van der Waals surface area contributed by atoms with Crippen LogP contribution < -0.4 is 0 Å². The van der Waals surface area contributed by atoms with Crippen molar-refractivity contribution in [1.82, 2.24) is 0 Å². The van der Waals surface area contributed by atoms with Gasteiger partial charge in [0.05, 0.1) is 19.3 Å². The van der Waals surface area contributed by atoms with Crippen LogP contribution in [0.1, 0.15) is 52.9 Å². The minimum Gasteiger partial charge on any atom is -0.373 e. The summed E-state index contributed by atoms with van der Waals surface area (Å²) in [4.78, 5) is 0. The Morgan fingerprint density at radius 2 is 1.86 bits per heavy atom. The van der Waals surface area contributed by atoms with Crippen LogP contribution in [0, 0.1) is 23.2 Å². The second-order valence-electron chi connectivity index (χ2n) is 7.84. The smallest absolute Gasteiger partial charge is 0.154 e. The lowest BCUT2D eigenvalue weighted by Crippen LogP contribution is -2.60. The van der Waals surface area contributed by atoms with Crippen LogP contribution in [0.3, 0.4) is 0 Å². The van der Waals surface area contributed by atoms with E-state index in [1.807, 2.05) is 13.8 Å². The SMILES string of the molecule is C=C(C)COC1[C@@H]2CCC3(CO[C@@H](C)OCC)CC[C@H]1C2C3. The van der Waals surface area contributed by atoms with Gasteiger partial charge in [0.15, 0.2) is 6.29 Å². The molecule has 0 saturated heterocycles. The topological polar surface area (TPSA) is 27.7 Å². The molecule has 0 heterocycles. The molecule has 3 unspecified atom stereocenters. The normalized spacial score (nSPS) is 40.9. The van der Waals surface area contributed by atoms with Crippen LogP contribution in [0.4, 0.5) is 0 Å². The molecule has 0 N–H and O–H groups in total. The Labute approximate surface area is 135 Å². The Balaban J connectivity index is 1.53. The van der Waals surface area contributed by atoms with Gasteiger partial charge in [0.2, 0.25) is 0 Å². The van der Waals surface area contributed by atoms with Crippen LogP contribution in [0.2, 0.25) is 0 Å². The molecule has 0 aromatic heterocycles. The third kappa shape index (κ3) is 3.13. The fourth-order valence-corrected chi connectivity index (χ4v) is 5.08. The lowest BCUT2D eigenvalue weighted by molar-refractivity contribution is -0.221. The minimum atomic E-state index is -0.0668. The zero-order chi connectivity index (χ0) is 15.7. The molecule has 3 rings (SSSR count). The number of hydrogen-bond donors (Lipinski definition) is 0. The zero-order valence-electron chi connectivity index (χ0n) is 14.5. The standard InChI is InChI=1S/C19H32O3/c1-5-20-14(4)22-12-19-8-6-15-17(10-19)16(7-9-19)18(15)21-11-13(2)3/h14-18H,2,5-12H2,1,3-4H3/t14-,15-,16+,17?,18?,19?/m0/s1. The van der Waals surface area contributed by atoms with Gasteiger partial charge in [-0.1, -0.05) is 12.2 Å². The summed E-state index contributed by atoms with van der Waals surface area (Å²) in [7, 11) is 0. The Bertz CT molecular complexity index is 389. The summed E-state index contributed by atoms with van der Waals surface area (Å²) in [6.07, 6.45) is 7.00. The molecule has 22 heavy (non-hydrogen) atoms. The molecule has 0 aliphatic heterocycles. The lowest BCUT2D eigenvalue weighted by atomic mass is 9.45. The average Bonchev–Trinajstić information content (AvgIpc) is 2.45. The van der Waals surface area contributed by atoms with E-state index in [0.717, 1.165) is 43.1 Å². The van der Waals surface area contributed by atoms with E-state index >= 15 is 0 Å². The van der Waals surface area contributed by atoms with Crippen molar-refractivity contribution in [3.8, 4) is 0 Å². The molecule has 0 spiro atoms. The molecular formula is C19H32O3. The molecule has 0 aromatic carbocycles. The molecule has 3 aliphatic carbocycles. The maximum absolute atomic E-state index is 6.15. The van der Waals surface area contributed by atoms with Crippen molar-refractivity contribution in [2.75, 3.05) is 19.8 Å². The van der Waals surface area contributed by atoms with Crippen LogP contribution in [-0.4, -0.2) is 32.2 Å². The minimum absolute atomic E-state index is 0.0668. The monoisotopic (exact) mass is 308 g/mol. The quantitative estimate of drug-likeness (QED) is 0.497. The third-order valence-electron chi connectivity index (χ3n) is 6.18. The van der Waals surface area contributed by atoms with Crippen LogP contribution in [0.5, 0.6) is 0 Å². The molecule has 126 valence electrons. The summed E-state index contributed by atoms with van der Waals surface area (Å²) in [5.74, 6) is 2.47. The molecule has 3 nitrogen and oxygen atoms in total. The van der Waals surface area contributed by atoms with Crippen molar-refractivity contribution >= 4 is 0 Å². The van der Waals surface area contributed by atoms with E-state index in [0.29, 0.717) is 11.5 Å². The molecule has 3 saturated carbocycles. The van der Waals surface area contributed by atoms with Crippen LogP contribution in [-0.2, 0) is 14.2 Å². The summed E-state index contributed by atoms with van der Waals surface area (Å²) >= 11 is 0. The van der Waals surface area contributed by atoms with Crippen molar-refractivity contribution in [3.63, 3.8) is 0 Å². The molecular weight excluding hydrogens is 276 g/mol. The van der Waals surface area contributed by atoms with Crippen LogP contribution >= 0.6 is 0 Å². The maximum atomic E-state index is 6.15. The summed E-state index contributed by atoms with van der Waals surface area (Å²) in [6, 6.07) is 0. The van der Waals surface area contributed by atoms with Crippen LogP contribution in [0.25, 0.3) is 0 Å². The van der Waals surface area contributed by atoms with Gasteiger partial charge in [0.25, 0.3) is 0 Å². The van der Waals surface area contributed by atoms with E-state index in [9.17, 15) is 0 Å². The molecule has 3 heteroatoms. The van der Waals surface area contributed by atoms with Gasteiger partial charge in [0, 0.05) is 6.61 Å². The molecule has 6 atom stereocenters. The highest BCUT2D eigenvalue weighted by Crippen LogP contribution is 2.62. The van der Waals surface area contributed by atoms with Crippen molar-refractivity contribution in [1.29, 1.82) is 0 Å². The van der Waals surface area contributed by atoms with E-state index < -0.39 is 0 Å². The Kier molecular flexibility index (Phi) is 4.96. The summed E-state index contributed by atoms with van der Waals surface area (Å²) in [5.41, 5.74) is 1.56. The molecule has 2 bridgehead atoms. The van der Waals surface area contributed by atoms with Crippen molar-refractivity contribution < 1.29 is 14.2 Å². The van der Waals surface area contributed by atoms with E-state index in [1.54, 1.807) is 0 Å². The van der Waals surface area contributed by atoms with Gasteiger partial charge >= 0.3 is 0 Å². The molecule has 0 aromatic rings. The summed E-state index contributed by atoms with van der Waals surface area (Å²) in [6.45, 7) is 12.4. The molecule has 0 radical (unpaired) electrons. The van der Waals surface area contributed by atoms with E-state index in [4.69, 9.17) is 14.2 Å². The Morgan fingerprint density at radius 1 is 1.18 bits per heavy atom. The first kappa shape index (κ1) is 16.5. The van der Waals surface area contributed by atoms with E-state index in [-0.39, 0.29) is 6.29 Å². The van der Waals surface area contributed by atoms with Gasteiger partial charge in [-0.15, -0.1) is 0 Å². The number of ether oxygens (including phenoxy) is 3. The van der Waals surface area contributed by atoms with Gasteiger partial charge in [0.1, 0.15) is 0 Å². The third-order valence-corrected chi connectivity index (χ3v) is 6.18. The Morgan fingerprint density at radius 3 is 2.45 bits per heavy atom. The first-order chi connectivity index (χ1) is 10.5. The highest BCUT2D eigenvalue weighted by Gasteiger charge is 2.59. The maximum Gasteiger partial charge on any atom is 0.154 e. The van der Waals surface area contributed by atoms with Gasteiger partial charge in [-0.05, 0) is 76.0 Å². The van der Waals surface area contributed by atoms with E-state index in [2.05, 4.69) is 13.5 Å². The fraction of sp³-hybridized carbons (Fsp3) is 0.895. The predicted molar refractivity (Wildman–Crippen MR) is 87.6 cm³/mol. The highest BCUT2D eigenvalue weighted by molar-refractivity contribution is 5.09. The molecule has 0 amide bonds. The number of fused-ring (bicyclic) bond motifs is 1. The van der Waals surface area contributed by atoms with Gasteiger partial charge in [-0.25, -0.2) is 0 Å². The Hall–Kier alpha value is -0.380. The van der Waals surface area contributed by atoms with Crippen molar-refractivity contribution in [3.05, 3.63) is 12.2 Å².